The largest absolute Gasteiger partial charge is 0.369 e. The van der Waals surface area contributed by atoms with Crippen molar-refractivity contribution in [2.24, 2.45) is 7.05 Å². The van der Waals surface area contributed by atoms with E-state index in [1.54, 1.807) is 10.9 Å². The van der Waals surface area contributed by atoms with Crippen molar-refractivity contribution in [3.8, 4) is 11.1 Å². The number of aromatic nitrogens is 2. The third kappa shape index (κ3) is 4.83. The van der Waals surface area contributed by atoms with Crippen LogP contribution in [-0.4, -0.2) is 53.8 Å². The molecular weight excluding hydrogens is 405 g/mol. The summed E-state index contributed by atoms with van der Waals surface area (Å²) in [6.45, 7) is 7.71. The average Bonchev–Trinajstić information content (AvgIpc) is 3.20. The molecule has 2 aromatic carbocycles. The summed E-state index contributed by atoms with van der Waals surface area (Å²) in [6.07, 6.45) is 3.55. The zero-order valence-corrected chi connectivity index (χ0v) is 19.1. The zero-order valence-electron chi connectivity index (χ0n) is 19.1. The second-order valence-electron chi connectivity index (χ2n) is 8.66. The number of amides is 1. The van der Waals surface area contributed by atoms with E-state index in [-0.39, 0.29) is 17.8 Å². The molecule has 1 aliphatic heterocycles. The van der Waals surface area contributed by atoms with Gasteiger partial charge in [0.05, 0.1) is 12.2 Å². The normalized spacial score (nSPS) is 15.6. The molecule has 6 nitrogen and oxygen atoms in total. The molecule has 4 rings (SSSR count). The molecule has 1 amide bonds. The molecule has 1 aromatic heterocycles. The first kappa shape index (κ1) is 22.0. The maximum Gasteiger partial charge on any atom is 0.252 e. The minimum atomic E-state index is -0.347. The Bertz CT molecular complexity index is 1120. The molecule has 0 bridgehead atoms. The van der Waals surface area contributed by atoms with Gasteiger partial charge in [-0.15, -0.1) is 0 Å². The van der Waals surface area contributed by atoms with E-state index in [9.17, 15) is 9.18 Å². The fourth-order valence-electron chi connectivity index (χ4n) is 4.07. The smallest absolute Gasteiger partial charge is 0.252 e. The van der Waals surface area contributed by atoms with Gasteiger partial charge in [0.25, 0.3) is 5.91 Å². The van der Waals surface area contributed by atoms with Crippen LogP contribution in [0.4, 0.5) is 10.1 Å². The molecule has 1 saturated heterocycles. The van der Waals surface area contributed by atoms with Crippen LogP contribution in [0.15, 0.2) is 48.8 Å². The summed E-state index contributed by atoms with van der Waals surface area (Å²) in [5.74, 6) is -0.492. The molecule has 1 N–H and O–H groups in total. The van der Waals surface area contributed by atoms with E-state index < -0.39 is 0 Å². The number of hydrogen-bond donors (Lipinski definition) is 1. The second kappa shape index (κ2) is 9.12. The fraction of sp³-hybridized carbons (Fsp3) is 0.360. The number of nitrogens with zero attached hydrogens (tertiary/aromatic N) is 4. The summed E-state index contributed by atoms with van der Waals surface area (Å²) in [6, 6.07) is 10.6. The molecule has 0 spiro atoms. The molecule has 3 aromatic rings. The summed E-state index contributed by atoms with van der Waals surface area (Å²) in [7, 11) is 3.95. The van der Waals surface area contributed by atoms with Crippen LogP contribution >= 0.6 is 0 Å². The van der Waals surface area contributed by atoms with Gasteiger partial charge >= 0.3 is 0 Å². The Morgan fingerprint density at radius 1 is 1.06 bits per heavy atom. The Morgan fingerprint density at radius 2 is 1.81 bits per heavy atom. The lowest BCUT2D eigenvalue weighted by Crippen LogP contribution is -2.44. The molecule has 1 aliphatic rings. The van der Waals surface area contributed by atoms with Crippen molar-refractivity contribution in [1.29, 1.82) is 0 Å². The number of piperazine rings is 1. The van der Waals surface area contributed by atoms with Crippen molar-refractivity contribution in [2.45, 2.75) is 19.9 Å². The predicted octanol–water partition coefficient (Wildman–Crippen LogP) is 3.78. The van der Waals surface area contributed by atoms with Crippen LogP contribution in [0.25, 0.3) is 11.1 Å². The Hall–Kier alpha value is -3.19. The minimum absolute atomic E-state index is 0.154. The summed E-state index contributed by atoms with van der Waals surface area (Å²) in [4.78, 5) is 17.8. The van der Waals surface area contributed by atoms with Crippen LogP contribution in [0.2, 0.25) is 0 Å². The quantitative estimate of drug-likeness (QED) is 0.663. The van der Waals surface area contributed by atoms with E-state index in [0.29, 0.717) is 11.1 Å². The van der Waals surface area contributed by atoms with Gasteiger partial charge in [-0.25, -0.2) is 4.39 Å². The number of carbonyl (C=O) groups excluding carboxylic acids is 1. The van der Waals surface area contributed by atoms with Crippen molar-refractivity contribution >= 4 is 11.6 Å². The summed E-state index contributed by atoms with van der Waals surface area (Å²) in [5.41, 5.74) is 4.92. The highest BCUT2D eigenvalue weighted by molar-refractivity contribution is 5.96. The third-order valence-electron chi connectivity index (χ3n) is 6.14. The number of rotatable bonds is 5. The Kier molecular flexibility index (Phi) is 6.28. The number of nitrogens with one attached hydrogen (secondary N) is 1. The van der Waals surface area contributed by atoms with Gasteiger partial charge in [-0.3, -0.25) is 9.48 Å². The van der Waals surface area contributed by atoms with Gasteiger partial charge in [0, 0.05) is 56.2 Å². The summed E-state index contributed by atoms with van der Waals surface area (Å²) < 4.78 is 16.0. The van der Waals surface area contributed by atoms with Crippen molar-refractivity contribution < 1.29 is 9.18 Å². The lowest BCUT2D eigenvalue weighted by Gasteiger charge is -2.34. The van der Waals surface area contributed by atoms with E-state index in [0.717, 1.165) is 48.6 Å². The van der Waals surface area contributed by atoms with E-state index in [1.807, 2.05) is 45.3 Å². The lowest BCUT2D eigenvalue weighted by molar-refractivity contribution is 0.0939. The van der Waals surface area contributed by atoms with Gasteiger partial charge in [0.2, 0.25) is 0 Å². The van der Waals surface area contributed by atoms with E-state index in [2.05, 4.69) is 33.3 Å². The van der Waals surface area contributed by atoms with Crippen LogP contribution in [0.3, 0.4) is 0 Å². The minimum Gasteiger partial charge on any atom is -0.369 e. The maximum absolute atomic E-state index is 14.3. The summed E-state index contributed by atoms with van der Waals surface area (Å²) >= 11 is 0. The van der Waals surface area contributed by atoms with Crippen molar-refractivity contribution in [1.82, 2.24) is 20.0 Å². The highest BCUT2D eigenvalue weighted by atomic mass is 19.1. The Balaban J connectivity index is 1.53. The van der Waals surface area contributed by atoms with Crippen molar-refractivity contribution in [2.75, 3.05) is 38.1 Å². The molecule has 2 heterocycles. The number of halogens is 1. The molecule has 1 atom stereocenters. The Morgan fingerprint density at radius 3 is 2.50 bits per heavy atom. The first-order valence-electron chi connectivity index (χ1n) is 10.9. The van der Waals surface area contributed by atoms with Gasteiger partial charge in [0.1, 0.15) is 5.82 Å². The average molecular weight is 436 g/mol. The number of hydrogen-bond acceptors (Lipinski definition) is 4. The molecule has 0 unspecified atom stereocenters. The standard InChI is InChI=1S/C25H30FN5O/c1-17-5-6-23(31-9-7-29(3)8-10-31)14-24(17)25(32)28-18(2)19-11-20(13-22(26)12-19)21-15-27-30(4)16-21/h5-6,11-16,18H,7-10H2,1-4H3,(H,28,32)/t18-/m1/s1. The molecule has 1 fully saturated rings. The highest BCUT2D eigenvalue weighted by Gasteiger charge is 2.19. The highest BCUT2D eigenvalue weighted by Crippen LogP contribution is 2.26. The number of anilines is 1. The van der Waals surface area contributed by atoms with Crippen LogP contribution in [-0.2, 0) is 7.05 Å². The molecule has 0 aliphatic carbocycles. The Labute approximate surface area is 188 Å². The van der Waals surface area contributed by atoms with Gasteiger partial charge in [-0.05, 0) is 67.9 Å². The number of likely N-dealkylation sites (N-methyl/N-ethyl adjacent to an activating group) is 1. The zero-order chi connectivity index (χ0) is 22.8. The molecule has 7 heteroatoms. The van der Waals surface area contributed by atoms with Gasteiger partial charge in [-0.1, -0.05) is 6.07 Å². The van der Waals surface area contributed by atoms with Crippen LogP contribution in [0.1, 0.15) is 34.5 Å². The maximum atomic E-state index is 14.3. The van der Waals surface area contributed by atoms with Gasteiger partial charge < -0.3 is 15.1 Å². The number of aryl methyl sites for hydroxylation is 2. The molecule has 0 radical (unpaired) electrons. The van der Waals surface area contributed by atoms with E-state index >= 15 is 0 Å². The molecular formula is C25H30FN5O. The topological polar surface area (TPSA) is 53.4 Å². The van der Waals surface area contributed by atoms with E-state index in [1.165, 1.54) is 12.1 Å². The first-order chi connectivity index (χ1) is 15.3. The number of benzene rings is 2. The van der Waals surface area contributed by atoms with Crippen LogP contribution in [0, 0.1) is 12.7 Å². The molecule has 0 saturated carbocycles. The second-order valence-corrected chi connectivity index (χ2v) is 8.66. The lowest BCUT2D eigenvalue weighted by atomic mass is 10.0. The monoisotopic (exact) mass is 435 g/mol. The van der Waals surface area contributed by atoms with Crippen molar-refractivity contribution in [3.05, 3.63) is 71.3 Å². The van der Waals surface area contributed by atoms with Gasteiger partial charge in [-0.2, -0.15) is 5.10 Å². The van der Waals surface area contributed by atoms with Crippen molar-refractivity contribution in [3.63, 3.8) is 0 Å². The fourth-order valence-corrected chi connectivity index (χ4v) is 4.07. The first-order valence-corrected chi connectivity index (χ1v) is 10.9. The van der Waals surface area contributed by atoms with E-state index in [4.69, 9.17) is 0 Å². The molecule has 168 valence electrons. The predicted molar refractivity (Wildman–Crippen MR) is 125 cm³/mol. The van der Waals surface area contributed by atoms with Gasteiger partial charge in [0.15, 0.2) is 0 Å². The summed E-state index contributed by atoms with van der Waals surface area (Å²) in [5, 5.41) is 7.21. The van der Waals surface area contributed by atoms with Crippen LogP contribution in [0.5, 0.6) is 0 Å². The number of carbonyl (C=O) groups is 1. The third-order valence-corrected chi connectivity index (χ3v) is 6.14. The van der Waals surface area contributed by atoms with Crippen LogP contribution < -0.4 is 10.2 Å². The molecule has 32 heavy (non-hydrogen) atoms. The SMILES string of the molecule is Cc1ccc(N2CCN(C)CC2)cc1C(=O)N[C@H](C)c1cc(F)cc(-c2cnn(C)c2)c1.